The molecule has 0 bridgehead atoms. The molecule has 0 saturated heterocycles. The fourth-order valence-electron chi connectivity index (χ4n) is 1.62. The Labute approximate surface area is 126 Å². The predicted molar refractivity (Wildman–Crippen MR) is 80.6 cm³/mol. The number of hydrogen-bond acceptors (Lipinski definition) is 4. The summed E-state index contributed by atoms with van der Waals surface area (Å²) in [5.74, 6) is 0. The zero-order valence-electron chi connectivity index (χ0n) is 9.49. The van der Waals surface area contributed by atoms with Gasteiger partial charge in [0.2, 0.25) is 0 Å². The van der Waals surface area contributed by atoms with Gasteiger partial charge < -0.3 is 5.32 Å². The lowest BCUT2D eigenvalue weighted by Gasteiger charge is -2.00. The summed E-state index contributed by atoms with van der Waals surface area (Å²) in [6, 6.07) is 6.80. The van der Waals surface area contributed by atoms with E-state index in [1.54, 1.807) is 11.3 Å². The highest BCUT2D eigenvalue weighted by Gasteiger charge is 2.20. The van der Waals surface area contributed by atoms with Crippen LogP contribution in [-0.4, -0.2) is 16.2 Å². The van der Waals surface area contributed by atoms with Crippen LogP contribution in [0.3, 0.4) is 0 Å². The summed E-state index contributed by atoms with van der Waals surface area (Å²) in [5, 5.41) is 13.9. The van der Waals surface area contributed by atoms with Crippen molar-refractivity contribution in [3.05, 3.63) is 32.2 Å². The lowest BCUT2D eigenvalue weighted by Crippen LogP contribution is -2.14. The second-order valence-electron chi connectivity index (χ2n) is 4.28. The van der Waals surface area contributed by atoms with E-state index in [4.69, 9.17) is 0 Å². The van der Waals surface area contributed by atoms with Crippen molar-refractivity contribution in [1.29, 1.82) is 0 Å². The topological polar surface area (TPSA) is 37.8 Å². The molecular weight excluding hydrogens is 378 g/mol. The van der Waals surface area contributed by atoms with Crippen LogP contribution in [0, 0.1) is 0 Å². The number of aromatic nitrogens is 2. The van der Waals surface area contributed by atoms with Crippen LogP contribution in [0.5, 0.6) is 0 Å². The van der Waals surface area contributed by atoms with Gasteiger partial charge >= 0.3 is 0 Å². The van der Waals surface area contributed by atoms with Crippen molar-refractivity contribution in [2.24, 2.45) is 0 Å². The summed E-state index contributed by atoms with van der Waals surface area (Å²) in [7, 11) is 0. The summed E-state index contributed by atoms with van der Waals surface area (Å²) in [6.45, 7) is 0.830. The molecule has 0 atom stereocenters. The molecule has 1 aliphatic carbocycles. The third kappa shape index (κ3) is 2.99. The number of benzene rings is 1. The van der Waals surface area contributed by atoms with Crippen molar-refractivity contribution in [2.75, 3.05) is 0 Å². The van der Waals surface area contributed by atoms with Gasteiger partial charge in [-0.1, -0.05) is 43.2 Å². The van der Waals surface area contributed by atoms with Gasteiger partial charge in [-0.15, -0.1) is 10.2 Å². The van der Waals surface area contributed by atoms with Crippen LogP contribution in [0.15, 0.2) is 27.1 Å². The van der Waals surface area contributed by atoms with Crippen LogP contribution in [0.4, 0.5) is 0 Å². The standard InChI is InChI=1S/C12H11Br2N3S/c13-7-1-4-9(10(14)5-7)12-17-16-11(18-12)6-15-8-2-3-8/h1,4-5,8,15H,2-3,6H2. The van der Waals surface area contributed by atoms with E-state index < -0.39 is 0 Å². The molecule has 0 amide bonds. The Hall–Kier alpha value is -0.300. The average Bonchev–Trinajstić information content (AvgIpc) is 3.05. The average molecular weight is 389 g/mol. The van der Waals surface area contributed by atoms with Gasteiger partial charge in [0.05, 0.1) is 0 Å². The largest absolute Gasteiger partial charge is 0.308 e. The van der Waals surface area contributed by atoms with Gasteiger partial charge in [0.25, 0.3) is 0 Å². The zero-order valence-corrected chi connectivity index (χ0v) is 13.5. The Bertz CT molecular complexity index is 566. The highest BCUT2D eigenvalue weighted by molar-refractivity contribution is 9.11. The Morgan fingerprint density at radius 2 is 2.11 bits per heavy atom. The molecule has 3 rings (SSSR count). The first-order valence-corrected chi connectivity index (χ1v) is 8.14. The molecule has 2 aromatic rings. The van der Waals surface area contributed by atoms with Crippen LogP contribution in [0.25, 0.3) is 10.6 Å². The Balaban J connectivity index is 1.78. The van der Waals surface area contributed by atoms with Crippen LogP contribution in [-0.2, 0) is 6.54 Å². The van der Waals surface area contributed by atoms with E-state index in [1.807, 2.05) is 18.2 Å². The normalized spacial score (nSPS) is 15.0. The number of hydrogen-bond donors (Lipinski definition) is 1. The van der Waals surface area contributed by atoms with Crippen molar-refractivity contribution in [3.8, 4) is 10.6 Å². The van der Waals surface area contributed by atoms with Crippen molar-refractivity contribution in [1.82, 2.24) is 15.5 Å². The van der Waals surface area contributed by atoms with E-state index in [9.17, 15) is 0 Å². The fourth-order valence-corrected chi connectivity index (χ4v) is 3.81. The summed E-state index contributed by atoms with van der Waals surface area (Å²) in [5.41, 5.74) is 1.09. The molecular formula is C12H11Br2N3S. The van der Waals surface area contributed by atoms with E-state index in [-0.39, 0.29) is 0 Å². The summed E-state index contributed by atoms with van der Waals surface area (Å²) in [4.78, 5) is 0. The SMILES string of the molecule is Brc1ccc(-c2nnc(CNC3CC3)s2)c(Br)c1. The lowest BCUT2D eigenvalue weighted by atomic mass is 10.2. The van der Waals surface area contributed by atoms with Crippen molar-refractivity contribution < 1.29 is 0 Å². The Morgan fingerprint density at radius 1 is 1.28 bits per heavy atom. The minimum atomic E-state index is 0.705. The highest BCUT2D eigenvalue weighted by atomic mass is 79.9. The number of nitrogens with one attached hydrogen (secondary N) is 1. The molecule has 1 saturated carbocycles. The molecule has 1 aromatic heterocycles. The molecule has 1 N–H and O–H groups in total. The second kappa shape index (κ2) is 5.36. The first kappa shape index (κ1) is 12.7. The first-order valence-electron chi connectivity index (χ1n) is 5.73. The lowest BCUT2D eigenvalue weighted by molar-refractivity contribution is 0.679. The van der Waals surface area contributed by atoms with Gasteiger partial charge in [-0.2, -0.15) is 0 Å². The summed E-state index contributed by atoms with van der Waals surface area (Å²) in [6.07, 6.45) is 2.59. The summed E-state index contributed by atoms with van der Waals surface area (Å²) >= 11 is 8.65. The van der Waals surface area contributed by atoms with E-state index in [0.717, 1.165) is 31.1 Å². The molecule has 0 radical (unpaired) electrons. The molecule has 1 aliphatic rings. The van der Waals surface area contributed by atoms with E-state index in [0.29, 0.717) is 6.04 Å². The van der Waals surface area contributed by atoms with Crippen LogP contribution < -0.4 is 5.32 Å². The molecule has 1 fully saturated rings. The van der Waals surface area contributed by atoms with Crippen LogP contribution >= 0.6 is 43.2 Å². The van der Waals surface area contributed by atoms with Crippen LogP contribution in [0.1, 0.15) is 17.8 Å². The van der Waals surface area contributed by atoms with Gasteiger partial charge in [-0.25, -0.2) is 0 Å². The third-order valence-electron chi connectivity index (χ3n) is 2.75. The quantitative estimate of drug-likeness (QED) is 0.860. The predicted octanol–water partition coefficient (Wildman–Crippen LogP) is 3.98. The molecule has 3 nitrogen and oxygen atoms in total. The monoisotopic (exact) mass is 387 g/mol. The maximum atomic E-state index is 4.26. The minimum Gasteiger partial charge on any atom is -0.308 e. The van der Waals surface area contributed by atoms with Crippen molar-refractivity contribution in [2.45, 2.75) is 25.4 Å². The third-order valence-corrected chi connectivity index (χ3v) is 4.85. The second-order valence-corrected chi connectivity index (χ2v) is 7.11. The van der Waals surface area contributed by atoms with Gasteiger partial charge in [0.1, 0.15) is 10.0 Å². The first-order chi connectivity index (χ1) is 8.72. The maximum absolute atomic E-state index is 4.26. The molecule has 1 aromatic carbocycles. The van der Waals surface area contributed by atoms with Gasteiger partial charge in [0, 0.05) is 27.1 Å². The molecule has 18 heavy (non-hydrogen) atoms. The Kier molecular flexibility index (Phi) is 3.79. The molecule has 0 spiro atoms. The smallest absolute Gasteiger partial charge is 0.148 e. The highest BCUT2D eigenvalue weighted by Crippen LogP contribution is 2.32. The van der Waals surface area contributed by atoms with Gasteiger partial charge in [0.15, 0.2) is 0 Å². The van der Waals surface area contributed by atoms with Gasteiger partial charge in [-0.3, -0.25) is 0 Å². The fraction of sp³-hybridized carbons (Fsp3) is 0.333. The molecule has 6 heteroatoms. The molecule has 0 aliphatic heterocycles. The molecule has 0 unspecified atom stereocenters. The molecule has 94 valence electrons. The van der Waals surface area contributed by atoms with E-state index >= 15 is 0 Å². The number of rotatable bonds is 4. The maximum Gasteiger partial charge on any atom is 0.148 e. The minimum absolute atomic E-state index is 0.705. The van der Waals surface area contributed by atoms with Crippen LogP contribution in [0.2, 0.25) is 0 Å². The van der Waals surface area contributed by atoms with E-state index in [2.05, 4.69) is 47.4 Å². The van der Waals surface area contributed by atoms with Crippen molar-refractivity contribution >= 4 is 43.2 Å². The zero-order chi connectivity index (χ0) is 12.5. The van der Waals surface area contributed by atoms with Crippen molar-refractivity contribution in [3.63, 3.8) is 0 Å². The number of halogens is 2. The number of nitrogens with zero attached hydrogens (tertiary/aromatic N) is 2. The molecule has 1 heterocycles. The Morgan fingerprint density at radius 3 is 2.83 bits per heavy atom. The van der Waals surface area contributed by atoms with Gasteiger partial charge in [-0.05, 0) is 31.0 Å². The summed E-state index contributed by atoms with van der Waals surface area (Å²) < 4.78 is 2.09. The van der Waals surface area contributed by atoms with E-state index in [1.165, 1.54) is 12.8 Å².